The number of esters is 2. The molecule has 0 aliphatic rings. The molecule has 0 saturated heterocycles. The maximum Gasteiger partial charge on any atom is 0.354 e. The van der Waals surface area contributed by atoms with Gasteiger partial charge in [-0.25, -0.2) is 9.59 Å². The van der Waals surface area contributed by atoms with Crippen LogP contribution in [0.15, 0.2) is 36.0 Å². The topological polar surface area (TPSA) is 64.6 Å². The number of carbonyl (C=O) groups is 2. The highest BCUT2D eigenvalue weighted by atomic mass is 16.5. The van der Waals surface area contributed by atoms with E-state index in [1.807, 2.05) is 19.1 Å². The number of benzene rings is 1. The molecule has 0 radical (unpaired) electrons. The Morgan fingerprint density at radius 1 is 1.11 bits per heavy atom. The van der Waals surface area contributed by atoms with Crippen LogP contribution in [0.3, 0.4) is 0 Å². The van der Waals surface area contributed by atoms with Crippen molar-refractivity contribution in [2.45, 2.75) is 6.92 Å². The third kappa shape index (κ3) is 3.93. The smallest absolute Gasteiger partial charge is 0.354 e. The van der Waals surface area contributed by atoms with Gasteiger partial charge >= 0.3 is 11.9 Å². The number of anilines is 1. The molecule has 0 aromatic heterocycles. The summed E-state index contributed by atoms with van der Waals surface area (Å²) in [5.74, 6) is -1.27. The number of rotatable bonds is 4. The molecule has 0 atom stereocenters. The van der Waals surface area contributed by atoms with Crippen LogP contribution in [0.5, 0.6) is 0 Å². The highest BCUT2D eigenvalue weighted by Gasteiger charge is 2.12. The fraction of sp³-hybridized carbons (Fsp3) is 0.231. The van der Waals surface area contributed by atoms with E-state index < -0.39 is 11.9 Å². The van der Waals surface area contributed by atoms with Gasteiger partial charge in [0.1, 0.15) is 5.70 Å². The minimum atomic E-state index is -0.638. The van der Waals surface area contributed by atoms with E-state index in [0.29, 0.717) is 5.69 Å². The van der Waals surface area contributed by atoms with Crippen LogP contribution in [0.2, 0.25) is 0 Å². The lowest BCUT2D eigenvalue weighted by atomic mass is 10.2. The predicted octanol–water partition coefficient (Wildman–Crippen LogP) is 1.64. The van der Waals surface area contributed by atoms with Crippen molar-refractivity contribution >= 4 is 17.6 Å². The van der Waals surface area contributed by atoms with Gasteiger partial charge < -0.3 is 14.8 Å². The summed E-state index contributed by atoms with van der Waals surface area (Å²) in [5.41, 5.74) is 1.80. The van der Waals surface area contributed by atoms with Crippen molar-refractivity contribution in [1.82, 2.24) is 0 Å². The number of hydrogen-bond acceptors (Lipinski definition) is 5. The Kier molecular flexibility index (Phi) is 4.92. The van der Waals surface area contributed by atoms with E-state index in [1.54, 1.807) is 12.1 Å². The lowest BCUT2D eigenvalue weighted by Crippen LogP contribution is -2.15. The molecular formula is C13H15NO4. The minimum Gasteiger partial charge on any atom is -0.466 e. The second-order valence-corrected chi connectivity index (χ2v) is 3.56. The molecule has 1 N–H and O–H groups in total. The standard InChI is InChI=1S/C13H15NO4/c1-9-4-6-10(7-5-9)14-11(13(16)18-3)8-12(15)17-2/h4-8,14H,1-3H3/b11-8-. The summed E-state index contributed by atoms with van der Waals surface area (Å²) in [7, 11) is 2.48. The van der Waals surface area contributed by atoms with Crippen molar-refractivity contribution in [2.24, 2.45) is 0 Å². The Bertz CT molecular complexity index is 462. The van der Waals surface area contributed by atoms with Gasteiger partial charge in [-0.3, -0.25) is 0 Å². The number of methoxy groups -OCH3 is 2. The quantitative estimate of drug-likeness (QED) is 0.649. The molecule has 18 heavy (non-hydrogen) atoms. The van der Waals surface area contributed by atoms with E-state index in [-0.39, 0.29) is 5.70 Å². The van der Waals surface area contributed by atoms with Gasteiger partial charge in [-0.2, -0.15) is 0 Å². The molecule has 0 bridgehead atoms. The van der Waals surface area contributed by atoms with E-state index in [0.717, 1.165) is 11.6 Å². The predicted molar refractivity (Wildman–Crippen MR) is 66.9 cm³/mol. The van der Waals surface area contributed by atoms with E-state index in [9.17, 15) is 9.59 Å². The van der Waals surface area contributed by atoms with Gasteiger partial charge in [-0.1, -0.05) is 17.7 Å². The molecule has 0 spiro atoms. The van der Waals surface area contributed by atoms with E-state index in [2.05, 4.69) is 14.8 Å². The summed E-state index contributed by atoms with van der Waals surface area (Å²) < 4.78 is 9.05. The van der Waals surface area contributed by atoms with E-state index in [1.165, 1.54) is 14.2 Å². The normalized spacial score (nSPS) is 10.7. The average Bonchev–Trinajstić information content (AvgIpc) is 2.39. The van der Waals surface area contributed by atoms with Gasteiger partial charge in [0.2, 0.25) is 0 Å². The van der Waals surface area contributed by atoms with E-state index >= 15 is 0 Å². The number of hydrogen-bond donors (Lipinski definition) is 1. The maximum absolute atomic E-state index is 11.5. The lowest BCUT2D eigenvalue weighted by Gasteiger charge is -2.09. The van der Waals surface area contributed by atoms with Crippen molar-refractivity contribution in [3.8, 4) is 0 Å². The number of aryl methyl sites for hydroxylation is 1. The Morgan fingerprint density at radius 3 is 2.22 bits per heavy atom. The summed E-state index contributed by atoms with van der Waals surface area (Å²) in [6.07, 6.45) is 1.05. The first-order chi connectivity index (χ1) is 8.56. The molecule has 5 heteroatoms. The van der Waals surface area contributed by atoms with Crippen LogP contribution in [0.4, 0.5) is 5.69 Å². The molecule has 0 unspecified atom stereocenters. The molecule has 0 fully saturated rings. The molecule has 5 nitrogen and oxygen atoms in total. The highest BCUT2D eigenvalue weighted by molar-refractivity contribution is 5.98. The SMILES string of the molecule is COC(=O)/C=C(\Nc1ccc(C)cc1)C(=O)OC. The molecule has 1 aromatic carbocycles. The molecule has 0 heterocycles. The third-order valence-electron chi connectivity index (χ3n) is 2.20. The largest absolute Gasteiger partial charge is 0.466 e. The second-order valence-electron chi connectivity index (χ2n) is 3.56. The summed E-state index contributed by atoms with van der Waals surface area (Å²) in [4.78, 5) is 22.6. The highest BCUT2D eigenvalue weighted by Crippen LogP contribution is 2.12. The third-order valence-corrected chi connectivity index (χ3v) is 2.20. The Labute approximate surface area is 105 Å². The number of carbonyl (C=O) groups excluding carboxylic acids is 2. The monoisotopic (exact) mass is 249 g/mol. The van der Waals surface area contributed by atoms with Crippen molar-refractivity contribution in [3.05, 3.63) is 41.6 Å². The zero-order valence-corrected chi connectivity index (χ0v) is 10.5. The molecule has 0 aliphatic heterocycles. The molecule has 96 valence electrons. The minimum absolute atomic E-state index is 0.0215. The van der Waals surface area contributed by atoms with Gasteiger partial charge in [0.05, 0.1) is 20.3 Å². The number of nitrogens with one attached hydrogen (secondary N) is 1. The van der Waals surface area contributed by atoms with Crippen LogP contribution in [0.25, 0.3) is 0 Å². The first kappa shape index (κ1) is 13.8. The molecule has 1 aromatic rings. The molecule has 0 saturated carbocycles. The Hall–Kier alpha value is -2.30. The lowest BCUT2D eigenvalue weighted by molar-refractivity contribution is -0.138. The fourth-order valence-electron chi connectivity index (χ4n) is 1.23. The maximum atomic E-state index is 11.5. The Morgan fingerprint density at radius 2 is 1.72 bits per heavy atom. The zero-order valence-electron chi connectivity index (χ0n) is 10.5. The Balaban J connectivity index is 2.91. The second kappa shape index (κ2) is 6.44. The van der Waals surface area contributed by atoms with Crippen molar-refractivity contribution in [2.75, 3.05) is 19.5 Å². The van der Waals surface area contributed by atoms with Crippen LogP contribution in [0.1, 0.15) is 5.56 Å². The summed E-state index contributed by atoms with van der Waals surface area (Å²) in [6.45, 7) is 1.95. The zero-order chi connectivity index (χ0) is 13.5. The van der Waals surface area contributed by atoms with Gasteiger partial charge in [0, 0.05) is 5.69 Å². The van der Waals surface area contributed by atoms with Gasteiger partial charge in [-0.15, -0.1) is 0 Å². The summed E-state index contributed by atoms with van der Waals surface area (Å²) in [5, 5.41) is 2.81. The van der Waals surface area contributed by atoms with Crippen LogP contribution in [0, 0.1) is 6.92 Å². The van der Waals surface area contributed by atoms with Gasteiger partial charge in [0.15, 0.2) is 0 Å². The van der Waals surface area contributed by atoms with Crippen molar-refractivity contribution < 1.29 is 19.1 Å². The molecule has 0 aliphatic carbocycles. The first-order valence-electron chi connectivity index (χ1n) is 5.28. The summed E-state index contributed by atoms with van der Waals surface area (Å²) >= 11 is 0. The fourth-order valence-corrected chi connectivity index (χ4v) is 1.23. The first-order valence-corrected chi connectivity index (χ1v) is 5.28. The molecule has 1 rings (SSSR count). The van der Waals surface area contributed by atoms with Crippen LogP contribution < -0.4 is 5.32 Å². The van der Waals surface area contributed by atoms with Crippen LogP contribution >= 0.6 is 0 Å². The molecular weight excluding hydrogens is 234 g/mol. The summed E-state index contributed by atoms with van der Waals surface area (Å²) in [6, 6.07) is 7.36. The van der Waals surface area contributed by atoms with Crippen molar-refractivity contribution in [1.29, 1.82) is 0 Å². The van der Waals surface area contributed by atoms with Gasteiger partial charge in [-0.05, 0) is 19.1 Å². The van der Waals surface area contributed by atoms with Crippen LogP contribution in [-0.2, 0) is 19.1 Å². The van der Waals surface area contributed by atoms with Crippen LogP contribution in [-0.4, -0.2) is 26.2 Å². The van der Waals surface area contributed by atoms with E-state index in [4.69, 9.17) is 0 Å². The van der Waals surface area contributed by atoms with Crippen molar-refractivity contribution in [3.63, 3.8) is 0 Å². The molecule has 0 amide bonds. The average molecular weight is 249 g/mol. The number of ether oxygens (including phenoxy) is 2. The van der Waals surface area contributed by atoms with Gasteiger partial charge in [0.25, 0.3) is 0 Å².